The van der Waals surface area contributed by atoms with Crippen molar-refractivity contribution >= 4 is 11.6 Å². The number of benzene rings is 2. The van der Waals surface area contributed by atoms with E-state index in [1.807, 2.05) is 20.8 Å². The number of pyridine rings is 1. The summed E-state index contributed by atoms with van der Waals surface area (Å²) < 4.78 is 78.9. The molecule has 0 amide bonds. The van der Waals surface area contributed by atoms with Gasteiger partial charge in [-0.2, -0.15) is 26.3 Å². The highest BCUT2D eigenvalue weighted by molar-refractivity contribution is 6.31. The molecule has 0 saturated carbocycles. The maximum Gasteiger partial charge on any atom is 0.433 e. The molecular weight excluding hydrogens is 482 g/mol. The van der Waals surface area contributed by atoms with Crippen LogP contribution in [-0.2, 0) is 18.9 Å². The maximum atomic E-state index is 13.4. The molecule has 1 heterocycles. The third-order valence-corrected chi connectivity index (χ3v) is 5.30. The molecule has 0 spiro atoms. The summed E-state index contributed by atoms with van der Waals surface area (Å²) in [5.41, 5.74) is -1.31. The van der Waals surface area contributed by atoms with E-state index in [0.717, 1.165) is 30.5 Å². The predicted octanol–water partition coefficient (Wildman–Crippen LogP) is 7.70. The van der Waals surface area contributed by atoms with Crippen molar-refractivity contribution < 1.29 is 31.4 Å². The average molecular weight is 503 g/mol. The standard InChI is InChI=1S/C24H21ClF6N2O/c1-22(2,3)33-12-16-8-15(13-4-6-19(25)18(10-13)23(26,27)28)9-17(21(16)34)14-5-7-20(32-11-14)24(29,30)31/h4-11,33-34H,12H2,1-3H3. The Morgan fingerprint density at radius 1 is 0.853 bits per heavy atom. The summed E-state index contributed by atoms with van der Waals surface area (Å²) >= 11 is 5.73. The first-order valence-corrected chi connectivity index (χ1v) is 10.5. The van der Waals surface area contributed by atoms with Crippen molar-refractivity contribution in [3.8, 4) is 28.0 Å². The first-order chi connectivity index (χ1) is 15.6. The van der Waals surface area contributed by atoms with Crippen molar-refractivity contribution in [1.29, 1.82) is 0 Å². The lowest BCUT2D eigenvalue weighted by Crippen LogP contribution is -2.35. The van der Waals surface area contributed by atoms with Crippen LogP contribution in [-0.4, -0.2) is 15.6 Å². The molecule has 0 radical (unpaired) electrons. The van der Waals surface area contributed by atoms with Crippen LogP contribution in [0.3, 0.4) is 0 Å². The molecule has 0 unspecified atom stereocenters. The molecule has 3 aromatic rings. The Labute approximate surface area is 197 Å². The number of nitrogens with zero attached hydrogens (tertiary/aromatic N) is 1. The van der Waals surface area contributed by atoms with Gasteiger partial charge in [-0.15, -0.1) is 0 Å². The quantitative estimate of drug-likeness (QED) is 0.359. The van der Waals surface area contributed by atoms with Crippen LogP contribution in [0.4, 0.5) is 26.3 Å². The van der Waals surface area contributed by atoms with Gasteiger partial charge in [0, 0.05) is 35.0 Å². The van der Waals surface area contributed by atoms with Gasteiger partial charge < -0.3 is 10.4 Å². The van der Waals surface area contributed by atoms with Gasteiger partial charge in [-0.25, -0.2) is 0 Å². The van der Waals surface area contributed by atoms with Crippen LogP contribution in [0.2, 0.25) is 5.02 Å². The van der Waals surface area contributed by atoms with E-state index in [2.05, 4.69) is 10.3 Å². The Balaban J connectivity index is 2.18. The smallest absolute Gasteiger partial charge is 0.433 e. The van der Waals surface area contributed by atoms with E-state index in [4.69, 9.17) is 11.6 Å². The molecule has 0 aliphatic heterocycles. The number of alkyl halides is 6. The molecule has 182 valence electrons. The number of aromatic nitrogens is 1. The van der Waals surface area contributed by atoms with E-state index in [9.17, 15) is 31.4 Å². The van der Waals surface area contributed by atoms with Crippen LogP contribution in [0, 0.1) is 0 Å². The zero-order valence-corrected chi connectivity index (χ0v) is 19.1. The molecule has 0 saturated heterocycles. The molecule has 0 aliphatic rings. The normalized spacial score (nSPS) is 12.8. The molecular formula is C24H21ClF6N2O. The maximum absolute atomic E-state index is 13.4. The molecule has 0 bridgehead atoms. The van der Waals surface area contributed by atoms with Crippen molar-refractivity contribution in [2.75, 3.05) is 0 Å². The van der Waals surface area contributed by atoms with Crippen LogP contribution in [0.15, 0.2) is 48.7 Å². The molecule has 3 rings (SSSR count). The summed E-state index contributed by atoms with van der Waals surface area (Å²) in [7, 11) is 0. The lowest BCUT2D eigenvalue weighted by molar-refractivity contribution is -0.141. The highest BCUT2D eigenvalue weighted by atomic mass is 35.5. The van der Waals surface area contributed by atoms with Crippen molar-refractivity contribution in [3.63, 3.8) is 0 Å². The number of phenolic OH excluding ortho intramolecular Hbond substituents is 1. The fraction of sp³-hybridized carbons (Fsp3) is 0.292. The molecule has 3 nitrogen and oxygen atoms in total. The zero-order chi connectivity index (χ0) is 25.5. The third kappa shape index (κ3) is 6.01. The lowest BCUT2D eigenvalue weighted by atomic mass is 9.94. The molecule has 1 aromatic heterocycles. The van der Waals surface area contributed by atoms with Gasteiger partial charge in [-0.05, 0) is 62.2 Å². The number of aromatic hydroxyl groups is 1. The van der Waals surface area contributed by atoms with Crippen LogP contribution in [0.25, 0.3) is 22.3 Å². The Kier molecular flexibility index (Phi) is 6.92. The van der Waals surface area contributed by atoms with Gasteiger partial charge in [0.1, 0.15) is 11.4 Å². The van der Waals surface area contributed by atoms with Crippen LogP contribution in [0.5, 0.6) is 5.75 Å². The summed E-state index contributed by atoms with van der Waals surface area (Å²) in [5.74, 6) is -0.216. The minimum Gasteiger partial charge on any atom is -0.507 e. The molecule has 0 fully saturated rings. The number of phenols is 1. The minimum atomic E-state index is -4.68. The van der Waals surface area contributed by atoms with Gasteiger partial charge in [0.2, 0.25) is 0 Å². The van der Waals surface area contributed by atoms with Gasteiger partial charge >= 0.3 is 12.4 Å². The molecule has 34 heavy (non-hydrogen) atoms. The van der Waals surface area contributed by atoms with Gasteiger partial charge in [0.05, 0.1) is 10.6 Å². The van der Waals surface area contributed by atoms with E-state index >= 15 is 0 Å². The van der Waals surface area contributed by atoms with E-state index in [1.54, 1.807) is 0 Å². The Morgan fingerprint density at radius 3 is 2.03 bits per heavy atom. The Hall–Kier alpha value is -2.78. The van der Waals surface area contributed by atoms with E-state index in [0.29, 0.717) is 11.1 Å². The topological polar surface area (TPSA) is 45.2 Å². The van der Waals surface area contributed by atoms with Gasteiger partial charge in [-0.1, -0.05) is 23.7 Å². The van der Waals surface area contributed by atoms with Crippen LogP contribution < -0.4 is 5.32 Å². The third-order valence-electron chi connectivity index (χ3n) is 4.97. The number of rotatable bonds is 4. The van der Waals surface area contributed by atoms with Gasteiger partial charge in [0.25, 0.3) is 0 Å². The fourth-order valence-corrected chi connectivity index (χ4v) is 3.44. The second-order valence-corrected chi connectivity index (χ2v) is 9.16. The monoisotopic (exact) mass is 502 g/mol. The summed E-state index contributed by atoms with van der Waals surface area (Å²) in [6, 6.07) is 8.28. The lowest BCUT2D eigenvalue weighted by Gasteiger charge is -2.22. The predicted molar refractivity (Wildman–Crippen MR) is 118 cm³/mol. The Bertz CT molecular complexity index is 1180. The second kappa shape index (κ2) is 9.11. The SMILES string of the molecule is CC(C)(C)NCc1cc(-c2ccc(Cl)c(C(F)(F)F)c2)cc(-c2ccc(C(F)(F)F)nc2)c1O. The molecule has 2 aromatic carbocycles. The average Bonchev–Trinajstić information content (AvgIpc) is 2.71. The van der Waals surface area contributed by atoms with Crippen molar-refractivity contribution in [2.45, 2.75) is 45.2 Å². The Morgan fingerprint density at radius 2 is 1.50 bits per heavy atom. The van der Waals surface area contributed by atoms with Crippen LogP contribution in [0.1, 0.15) is 37.6 Å². The molecule has 10 heteroatoms. The van der Waals surface area contributed by atoms with Gasteiger partial charge in [-0.3, -0.25) is 4.98 Å². The van der Waals surface area contributed by atoms with E-state index in [1.165, 1.54) is 18.2 Å². The number of halogens is 7. The number of hydrogen-bond acceptors (Lipinski definition) is 3. The molecule has 0 aliphatic carbocycles. The van der Waals surface area contributed by atoms with E-state index < -0.39 is 28.6 Å². The minimum absolute atomic E-state index is 0.132. The zero-order valence-electron chi connectivity index (χ0n) is 18.4. The number of hydrogen-bond donors (Lipinski definition) is 2. The summed E-state index contributed by atoms with van der Waals surface area (Å²) in [5, 5.41) is 13.6. The van der Waals surface area contributed by atoms with Crippen molar-refractivity contribution in [3.05, 3.63) is 70.5 Å². The first kappa shape index (κ1) is 25.8. The summed E-state index contributed by atoms with van der Waals surface area (Å²) in [6.45, 7) is 5.83. The molecule has 0 atom stereocenters. The first-order valence-electron chi connectivity index (χ1n) is 10.1. The highest BCUT2D eigenvalue weighted by Crippen LogP contribution is 2.41. The fourth-order valence-electron chi connectivity index (χ4n) is 3.22. The van der Waals surface area contributed by atoms with Gasteiger partial charge in [0.15, 0.2) is 0 Å². The van der Waals surface area contributed by atoms with Crippen molar-refractivity contribution in [2.24, 2.45) is 0 Å². The number of nitrogens with one attached hydrogen (secondary N) is 1. The molecule has 2 N–H and O–H groups in total. The van der Waals surface area contributed by atoms with Crippen molar-refractivity contribution in [1.82, 2.24) is 10.3 Å². The largest absolute Gasteiger partial charge is 0.507 e. The summed E-state index contributed by atoms with van der Waals surface area (Å²) in [6.07, 6.45) is -8.35. The second-order valence-electron chi connectivity index (χ2n) is 8.76. The van der Waals surface area contributed by atoms with Crippen LogP contribution >= 0.6 is 11.6 Å². The van der Waals surface area contributed by atoms with E-state index in [-0.39, 0.29) is 34.5 Å². The highest BCUT2D eigenvalue weighted by Gasteiger charge is 2.34. The summed E-state index contributed by atoms with van der Waals surface area (Å²) in [4.78, 5) is 3.42.